The summed E-state index contributed by atoms with van der Waals surface area (Å²) in [5.41, 5.74) is 11.7. The highest BCUT2D eigenvalue weighted by molar-refractivity contribution is 5.74. The Labute approximate surface area is 160 Å². The van der Waals surface area contributed by atoms with Gasteiger partial charge in [-0.15, -0.1) is 0 Å². The lowest BCUT2D eigenvalue weighted by Gasteiger charge is -2.34. The molecule has 2 aromatic heterocycles. The molecule has 0 fully saturated rings. The number of aryl methyl sites for hydroxylation is 1. The summed E-state index contributed by atoms with van der Waals surface area (Å²) in [6.07, 6.45) is 7.59. The molecule has 0 saturated heterocycles. The monoisotopic (exact) mass is 361 g/mol. The van der Waals surface area contributed by atoms with Gasteiger partial charge in [-0.1, -0.05) is 29.8 Å². The van der Waals surface area contributed by atoms with E-state index in [1.54, 1.807) is 0 Å². The summed E-state index contributed by atoms with van der Waals surface area (Å²) in [6, 6.07) is 12.8. The Hall–Kier alpha value is -2.50. The highest BCUT2D eigenvalue weighted by Gasteiger charge is 2.27. The van der Waals surface area contributed by atoms with Crippen LogP contribution in [0.4, 0.5) is 0 Å². The van der Waals surface area contributed by atoms with Crippen LogP contribution in [0.15, 0.2) is 54.2 Å². The summed E-state index contributed by atoms with van der Waals surface area (Å²) < 4.78 is 0. The summed E-state index contributed by atoms with van der Waals surface area (Å²) in [4.78, 5) is 15.5. The lowest BCUT2D eigenvalue weighted by molar-refractivity contribution is 0.181. The van der Waals surface area contributed by atoms with Crippen molar-refractivity contribution in [3.8, 4) is 0 Å². The number of pyridine rings is 1. The Bertz CT molecular complexity index is 910. The Morgan fingerprint density at radius 1 is 1.30 bits per heavy atom. The average Bonchev–Trinajstić information content (AvgIpc) is 3.13. The van der Waals surface area contributed by atoms with Crippen LogP contribution in [-0.4, -0.2) is 32.9 Å². The number of fused-ring (bicyclic) bond motifs is 2. The minimum atomic E-state index is 0.310. The Kier molecular flexibility index (Phi) is 5.32. The quantitative estimate of drug-likeness (QED) is 0.656. The molecule has 3 aromatic rings. The molecule has 140 valence electrons. The van der Waals surface area contributed by atoms with E-state index >= 15 is 0 Å². The van der Waals surface area contributed by atoms with Crippen LogP contribution in [0.25, 0.3) is 11.0 Å². The van der Waals surface area contributed by atoms with Gasteiger partial charge in [0.1, 0.15) is 5.82 Å². The zero-order valence-electron chi connectivity index (χ0n) is 15.9. The van der Waals surface area contributed by atoms with E-state index in [0.717, 1.165) is 42.8 Å². The van der Waals surface area contributed by atoms with Crippen molar-refractivity contribution < 1.29 is 0 Å². The van der Waals surface area contributed by atoms with Gasteiger partial charge < -0.3 is 10.7 Å². The van der Waals surface area contributed by atoms with Crippen molar-refractivity contribution in [2.45, 2.75) is 38.8 Å². The second-order valence-electron chi connectivity index (χ2n) is 7.34. The molecule has 5 nitrogen and oxygen atoms in total. The third-order valence-corrected chi connectivity index (χ3v) is 5.39. The molecule has 1 aliphatic carbocycles. The first-order chi connectivity index (χ1) is 13.2. The topological polar surface area (TPSA) is 70.8 Å². The first-order valence-electron chi connectivity index (χ1n) is 9.72. The Morgan fingerprint density at radius 2 is 2.19 bits per heavy atom. The standard InChI is InChI=1S/C22H27N5/c1-16(14-23)11-13-27(15-21-25-18-8-2-3-9-19(18)26-21)20-10-4-6-17-7-5-12-24-22(17)20/h2-3,5,7-9,11-12,20H,4,6,10,13-15,23H2,1H3,(H,25,26). The SMILES string of the molecule is CC(=CCN(Cc1nc2ccccc2[nH]1)C1CCCc2cccnc21)CN. The summed E-state index contributed by atoms with van der Waals surface area (Å²) in [5.74, 6) is 0.998. The Balaban J connectivity index is 1.65. The second-order valence-corrected chi connectivity index (χ2v) is 7.34. The number of rotatable bonds is 6. The molecule has 1 aromatic carbocycles. The number of hydrogen-bond donors (Lipinski definition) is 2. The molecule has 27 heavy (non-hydrogen) atoms. The molecule has 1 unspecified atom stereocenters. The summed E-state index contributed by atoms with van der Waals surface area (Å²) >= 11 is 0. The van der Waals surface area contributed by atoms with Crippen molar-refractivity contribution in [3.05, 3.63) is 71.3 Å². The molecule has 3 N–H and O–H groups in total. The van der Waals surface area contributed by atoms with Gasteiger partial charge in [0, 0.05) is 19.3 Å². The zero-order chi connectivity index (χ0) is 18.6. The van der Waals surface area contributed by atoms with Crippen LogP contribution in [0.3, 0.4) is 0 Å². The van der Waals surface area contributed by atoms with E-state index in [2.05, 4.69) is 41.1 Å². The molecule has 1 atom stereocenters. The fraction of sp³-hybridized carbons (Fsp3) is 0.364. The highest BCUT2D eigenvalue weighted by atomic mass is 15.2. The third-order valence-electron chi connectivity index (χ3n) is 5.39. The van der Waals surface area contributed by atoms with E-state index in [1.807, 2.05) is 24.4 Å². The normalized spacial score (nSPS) is 17.4. The van der Waals surface area contributed by atoms with Gasteiger partial charge in [-0.25, -0.2) is 4.98 Å². The van der Waals surface area contributed by atoms with E-state index in [0.29, 0.717) is 12.6 Å². The number of nitrogens with two attached hydrogens (primary N) is 1. The van der Waals surface area contributed by atoms with Crippen LogP contribution in [0.2, 0.25) is 0 Å². The van der Waals surface area contributed by atoms with Crippen LogP contribution in [0.5, 0.6) is 0 Å². The minimum absolute atomic E-state index is 0.310. The molecule has 1 aliphatic rings. The van der Waals surface area contributed by atoms with Gasteiger partial charge in [0.05, 0.1) is 29.3 Å². The van der Waals surface area contributed by atoms with Gasteiger partial charge in [-0.2, -0.15) is 0 Å². The number of benzene rings is 1. The van der Waals surface area contributed by atoms with Gasteiger partial charge in [0.2, 0.25) is 0 Å². The first kappa shape index (κ1) is 17.9. The molecule has 0 radical (unpaired) electrons. The maximum absolute atomic E-state index is 5.80. The van der Waals surface area contributed by atoms with E-state index < -0.39 is 0 Å². The molecule has 0 amide bonds. The summed E-state index contributed by atoms with van der Waals surface area (Å²) in [6.45, 7) is 4.30. The molecule has 4 rings (SSSR count). The molecule has 0 bridgehead atoms. The van der Waals surface area contributed by atoms with Crippen molar-refractivity contribution in [2.75, 3.05) is 13.1 Å². The van der Waals surface area contributed by atoms with E-state index in [4.69, 9.17) is 15.7 Å². The smallest absolute Gasteiger partial charge is 0.121 e. The van der Waals surface area contributed by atoms with E-state index in [-0.39, 0.29) is 0 Å². The number of para-hydroxylation sites is 2. The van der Waals surface area contributed by atoms with E-state index in [1.165, 1.54) is 23.3 Å². The van der Waals surface area contributed by atoms with Crippen molar-refractivity contribution in [2.24, 2.45) is 5.73 Å². The molecule has 0 spiro atoms. The second kappa shape index (κ2) is 8.03. The fourth-order valence-corrected chi connectivity index (χ4v) is 3.87. The molecule has 0 aliphatic heterocycles. The van der Waals surface area contributed by atoms with Crippen molar-refractivity contribution in [1.29, 1.82) is 0 Å². The number of nitrogens with zero attached hydrogens (tertiary/aromatic N) is 3. The number of imidazole rings is 1. The van der Waals surface area contributed by atoms with E-state index in [9.17, 15) is 0 Å². The lowest BCUT2D eigenvalue weighted by Crippen LogP contribution is -2.32. The average molecular weight is 361 g/mol. The van der Waals surface area contributed by atoms with Crippen LogP contribution >= 0.6 is 0 Å². The summed E-state index contributed by atoms with van der Waals surface area (Å²) in [5, 5.41) is 0. The van der Waals surface area contributed by atoms with Crippen LogP contribution < -0.4 is 5.73 Å². The van der Waals surface area contributed by atoms with Crippen molar-refractivity contribution >= 4 is 11.0 Å². The largest absolute Gasteiger partial charge is 0.341 e. The Morgan fingerprint density at radius 3 is 3.04 bits per heavy atom. The maximum Gasteiger partial charge on any atom is 0.121 e. The molecule has 2 heterocycles. The van der Waals surface area contributed by atoms with Crippen LogP contribution in [0, 0.1) is 0 Å². The van der Waals surface area contributed by atoms with Gasteiger partial charge in [-0.05, 0) is 49.9 Å². The van der Waals surface area contributed by atoms with Crippen LogP contribution in [0.1, 0.15) is 42.9 Å². The van der Waals surface area contributed by atoms with Gasteiger partial charge >= 0.3 is 0 Å². The predicted molar refractivity (Wildman–Crippen MR) is 109 cm³/mol. The maximum atomic E-state index is 5.80. The molecular formula is C22H27N5. The molecular weight excluding hydrogens is 334 g/mol. The van der Waals surface area contributed by atoms with Crippen molar-refractivity contribution in [1.82, 2.24) is 19.9 Å². The van der Waals surface area contributed by atoms with Crippen LogP contribution in [-0.2, 0) is 13.0 Å². The number of aromatic nitrogens is 3. The number of aromatic amines is 1. The van der Waals surface area contributed by atoms with Gasteiger partial charge in [0.25, 0.3) is 0 Å². The number of H-pyrrole nitrogens is 1. The summed E-state index contributed by atoms with van der Waals surface area (Å²) in [7, 11) is 0. The molecule has 5 heteroatoms. The third kappa shape index (κ3) is 3.94. The number of nitrogens with one attached hydrogen (secondary N) is 1. The highest BCUT2D eigenvalue weighted by Crippen LogP contribution is 2.33. The number of hydrogen-bond acceptors (Lipinski definition) is 4. The molecule has 0 saturated carbocycles. The predicted octanol–water partition coefficient (Wildman–Crippen LogP) is 3.74. The lowest BCUT2D eigenvalue weighted by atomic mass is 9.90. The van der Waals surface area contributed by atoms with Gasteiger partial charge in [0.15, 0.2) is 0 Å². The first-order valence-corrected chi connectivity index (χ1v) is 9.72. The fourth-order valence-electron chi connectivity index (χ4n) is 3.87. The van der Waals surface area contributed by atoms with Gasteiger partial charge in [-0.3, -0.25) is 9.88 Å². The minimum Gasteiger partial charge on any atom is -0.341 e. The zero-order valence-corrected chi connectivity index (χ0v) is 15.9. The van der Waals surface area contributed by atoms with Crippen molar-refractivity contribution in [3.63, 3.8) is 0 Å².